The summed E-state index contributed by atoms with van der Waals surface area (Å²) in [5.41, 5.74) is -3.37. The molecule has 1 aliphatic rings. The zero-order valence-corrected chi connectivity index (χ0v) is 19.9. The largest absolute Gasteiger partial charge is 0.511 e. The normalized spacial score (nSPS) is 18.0. The van der Waals surface area contributed by atoms with Gasteiger partial charge in [-0.2, -0.15) is 13.2 Å². The van der Waals surface area contributed by atoms with E-state index in [0.717, 1.165) is 11.3 Å². The summed E-state index contributed by atoms with van der Waals surface area (Å²) >= 11 is 0. The van der Waals surface area contributed by atoms with Crippen LogP contribution < -0.4 is 19.7 Å². The minimum atomic E-state index is -5.37. The van der Waals surface area contributed by atoms with Gasteiger partial charge in [0.1, 0.15) is 5.75 Å². The average molecular weight is 514 g/mol. The number of sulfonamides is 1. The van der Waals surface area contributed by atoms with Crippen molar-refractivity contribution in [2.24, 2.45) is 0 Å². The van der Waals surface area contributed by atoms with E-state index in [1.54, 1.807) is 29.2 Å². The Morgan fingerprint density at radius 1 is 1.11 bits per heavy atom. The van der Waals surface area contributed by atoms with Crippen molar-refractivity contribution in [2.75, 3.05) is 18.1 Å². The number of carbonyl (C=O) groups is 2. The molecule has 0 fully saturated rings. The smallest absolute Gasteiger partial charge is 0.494 e. The third-order valence-electron chi connectivity index (χ3n) is 5.47. The van der Waals surface area contributed by atoms with Crippen LogP contribution in [0.1, 0.15) is 48.7 Å². The van der Waals surface area contributed by atoms with Gasteiger partial charge in [0, 0.05) is 30.8 Å². The van der Waals surface area contributed by atoms with Crippen molar-refractivity contribution in [3.05, 3.63) is 59.7 Å². The topological polar surface area (TPSA) is 105 Å². The Hall–Kier alpha value is -3.12. The van der Waals surface area contributed by atoms with Gasteiger partial charge in [-0.1, -0.05) is 18.2 Å². The van der Waals surface area contributed by atoms with Crippen LogP contribution in [0.3, 0.4) is 0 Å². The van der Waals surface area contributed by atoms with Crippen molar-refractivity contribution in [2.45, 2.75) is 44.3 Å². The molecule has 0 saturated heterocycles. The number of para-hydroxylation sites is 1. The summed E-state index contributed by atoms with van der Waals surface area (Å²) in [4.78, 5) is 26.6. The van der Waals surface area contributed by atoms with Gasteiger partial charge in [0.2, 0.25) is 5.91 Å². The zero-order valence-electron chi connectivity index (χ0n) is 19.1. The van der Waals surface area contributed by atoms with Gasteiger partial charge in [-0.05, 0) is 55.7 Å². The monoisotopic (exact) mass is 513 g/mol. The van der Waals surface area contributed by atoms with Crippen molar-refractivity contribution >= 4 is 27.5 Å². The second kappa shape index (κ2) is 10.6. The fraction of sp³-hybridized carbons (Fsp3) is 0.391. The van der Waals surface area contributed by atoms with Gasteiger partial charge in [-0.25, -0.2) is 13.1 Å². The van der Waals surface area contributed by atoms with Gasteiger partial charge in [-0.3, -0.25) is 9.59 Å². The van der Waals surface area contributed by atoms with E-state index >= 15 is 0 Å². The molecule has 2 aromatic carbocycles. The van der Waals surface area contributed by atoms with Crippen LogP contribution in [0.5, 0.6) is 5.75 Å². The van der Waals surface area contributed by atoms with Crippen molar-refractivity contribution in [3.63, 3.8) is 0 Å². The molecule has 12 heteroatoms. The minimum Gasteiger partial charge on any atom is -0.494 e. The predicted molar refractivity (Wildman–Crippen MR) is 123 cm³/mol. The number of hydrogen-bond acceptors (Lipinski definition) is 5. The maximum Gasteiger partial charge on any atom is 0.511 e. The second-order valence-corrected chi connectivity index (χ2v) is 9.90. The summed E-state index contributed by atoms with van der Waals surface area (Å²) < 4.78 is 65.7. The highest BCUT2D eigenvalue weighted by Gasteiger charge is 2.45. The Morgan fingerprint density at radius 3 is 2.40 bits per heavy atom. The van der Waals surface area contributed by atoms with Crippen LogP contribution in [0.15, 0.2) is 48.5 Å². The summed E-state index contributed by atoms with van der Waals surface area (Å²) in [5.74, 6) is 0.0162. The molecule has 0 unspecified atom stereocenters. The Bertz CT molecular complexity index is 1170. The first kappa shape index (κ1) is 26.5. The van der Waals surface area contributed by atoms with Crippen LogP contribution in [-0.4, -0.2) is 44.9 Å². The number of rotatable bonds is 8. The molecule has 2 atom stereocenters. The van der Waals surface area contributed by atoms with Crippen LogP contribution in [0.25, 0.3) is 0 Å². The highest BCUT2D eigenvalue weighted by atomic mass is 32.2. The third kappa shape index (κ3) is 6.31. The predicted octanol–water partition coefficient (Wildman–Crippen LogP) is 3.51. The second-order valence-electron chi connectivity index (χ2n) is 8.14. The molecule has 0 bridgehead atoms. The highest BCUT2D eigenvalue weighted by Crippen LogP contribution is 2.38. The quantitative estimate of drug-likeness (QED) is 0.526. The standard InChI is InChI=1S/C23H26F3N3O5S/c1-15-14-20(28-16(2)30)19-6-3-4-7-21(19)29(15)22(31)17-8-10-18(11-9-17)34-13-5-12-27-35(32,33)23(24,25)26/h3-4,6-11,15,20,27H,5,12-14H2,1-2H3,(H,28,30)/t15-,20+/m0/s1. The Kier molecular flexibility index (Phi) is 8.06. The molecule has 2 N–H and O–H groups in total. The lowest BCUT2D eigenvalue weighted by Gasteiger charge is -2.39. The van der Waals surface area contributed by atoms with Gasteiger partial charge in [0.15, 0.2) is 0 Å². The first-order chi connectivity index (χ1) is 16.4. The number of nitrogens with zero attached hydrogens (tertiary/aromatic N) is 1. The van der Waals surface area contributed by atoms with E-state index in [1.807, 2.05) is 31.2 Å². The van der Waals surface area contributed by atoms with Crippen LogP contribution in [-0.2, 0) is 14.8 Å². The van der Waals surface area contributed by atoms with Crippen molar-refractivity contribution in [1.29, 1.82) is 0 Å². The van der Waals surface area contributed by atoms with E-state index in [1.165, 1.54) is 11.6 Å². The number of alkyl halides is 3. The summed E-state index contributed by atoms with van der Waals surface area (Å²) in [6.45, 7) is 2.92. The number of carbonyl (C=O) groups excluding carboxylic acids is 2. The number of anilines is 1. The third-order valence-corrected chi connectivity index (χ3v) is 6.67. The molecule has 2 amide bonds. The summed E-state index contributed by atoms with van der Waals surface area (Å²) in [5, 5.41) is 2.93. The van der Waals surface area contributed by atoms with Crippen LogP contribution >= 0.6 is 0 Å². The van der Waals surface area contributed by atoms with E-state index in [2.05, 4.69) is 5.32 Å². The molecular weight excluding hydrogens is 487 g/mol. The average Bonchev–Trinajstić information content (AvgIpc) is 2.78. The Balaban J connectivity index is 1.62. The first-order valence-electron chi connectivity index (χ1n) is 10.9. The van der Waals surface area contributed by atoms with Gasteiger partial charge in [0.05, 0.1) is 12.6 Å². The Labute approximate surface area is 201 Å². The molecule has 0 saturated carbocycles. The fourth-order valence-electron chi connectivity index (χ4n) is 3.89. The summed E-state index contributed by atoms with van der Waals surface area (Å²) in [7, 11) is -5.37. The van der Waals surface area contributed by atoms with Gasteiger partial charge < -0.3 is 15.0 Å². The highest BCUT2D eigenvalue weighted by molar-refractivity contribution is 7.90. The molecule has 8 nitrogen and oxygen atoms in total. The zero-order chi connectivity index (χ0) is 25.8. The molecule has 190 valence electrons. The van der Waals surface area contributed by atoms with E-state index < -0.39 is 22.1 Å². The molecule has 0 spiro atoms. The van der Waals surface area contributed by atoms with Crippen molar-refractivity contribution < 1.29 is 35.9 Å². The molecule has 3 rings (SSSR count). The maximum atomic E-state index is 13.3. The van der Waals surface area contributed by atoms with Crippen LogP contribution in [0, 0.1) is 0 Å². The maximum absolute atomic E-state index is 13.3. The summed E-state index contributed by atoms with van der Waals surface area (Å²) in [6, 6.07) is 13.3. The number of benzene rings is 2. The number of fused-ring (bicyclic) bond motifs is 1. The minimum absolute atomic E-state index is 0.0191. The SMILES string of the molecule is CC(=O)N[C@@H]1C[C@H](C)N(C(=O)c2ccc(OCCCNS(=O)(=O)C(F)(F)F)cc2)c2ccccc21. The molecule has 1 aliphatic heterocycles. The van der Waals surface area contributed by atoms with Crippen molar-refractivity contribution in [3.8, 4) is 5.75 Å². The van der Waals surface area contributed by atoms with E-state index in [9.17, 15) is 31.2 Å². The lowest BCUT2D eigenvalue weighted by atomic mass is 9.91. The molecular formula is C23H26F3N3O5S. The number of ether oxygens (including phenoxy) is 1. The molecule has 1 heterocycles. The van der Waals surface area contributed by atoms with Crippen LogP contribution in [0.2, 0.25) is 0 Å². The van der Waals surface area contributed by atoms with E-state index in [4.69, 9.17) is 4.74 Å². The van der Waals surface area contributed by atoms with Gasteiger partial charge >= 0.3 is 15.5 Å². The number of amides is 2. The molecule has 0 aliphatic carbocycles. The van der Waals surface area contributed by atoms with Crippen LogP contribution in [0.4, 0.5) is 18.9 Å². The lowest BCUT2D eigenvalue weighted by Crippen LogP contribution is -2.46. The van der Waals surface area contributed by atoms with Crippen molar-refractivity contribution in [1.82, 2.24) is 10.0 Å². The number of nitrogens with one attached hydrogen (secondary N) is 2. The molecule has 35 heavy (non-hydrogen) atoms. The number of hydrogen-bond donors (Lipinski definition) is 2. The van der Waals surface area contributed by atoms with Gasteiger partial charge in [-0.15, -0.1) is 0 Å². The Morgan fingerprint density at radius 2 is 1.77 bits per heavy atom. The van der Waals surface area contributed by atoms with Gasteiger partial charge in [0.25, 0.3) is 5.91 Å². The lowest BCUT2D eigenvalue weighted by molar-refractivity contribution is -0.119. The molecule has 2 aromatic rings. The van der Waals surface area contributed by atoms with E-state index in [0.29, 0.717) is 17.7 Å². The van der Waals surface area contributed by atoms with E-state index in [-0.39, 0.29) is 36.9 Å². The fourth-order valence-corrected chi connectivity index (χ4v) is 4.46. The molecule has 0 aromatic heterocycles. The first-order valence-corrected chi connectivity index (χ1v) is 12.4. The molecule has 0 radical (unpaired) electrons. The number of halogens is 3. The summed E-state index contributed by atoms with van der Waals surface area (Å²) in [6.07, 6.45) is 0.579.